The number of ether oxygens (including phenoxy) is 1. The number of pyridine rings is 1. The summed E-state index contributed by atoms with van der Waals surface area (Å²) in [6.45, 7) is 5.30. The lowest BCUT2D eigenvalue weighted by atomic mass is 10.1. The van der Waals surface area contributed by atoms with Crippen LogP contribution in [0.1, 0.15) is 25.8 Å². The van der Waals surface area contributed by atoms with E-state index in [9.17, 15) is 14.0 Å². The van der Waals surface area contributed by atoms with Gasteiger partial charge in [0.2, 0.25) is 5.43 Å². The first-order valence-electron chi connectivity index (χ1n) is 9.35. The zero-order valence-electron chi connectivity index (χ0n) is 15.5. The van der Waals surface area contributed by atoms with E-state index in [0.717, 1.165) is 25.5 Å². The molecule has 2 aliphatic rings. The fourth-order valence-electron chi connectivity index (χ4n) is 3.79. The molecule has 4 rings (SSSR count). The van der Waals surface area contributed by atoms with Gasteiger partial charge in [-0.1, -0.05) is 6.92 Å². The lowest BCUT2D eigenvalue weighted by Crippen LogP contribution is -2.46. The fraction of sp³-hybridized carbons (Fsp3) is 0.474. The Balaban J connectivity index is 1.87. The van der Waals surface area contributed by atoms with E-state index in [1.54, 1.807) is 4.90 Å². The number of anilines is 1. The molecule has 0 unspecified atom stereocenters. The summed E-state index contributed by atoms with van der Waals surface area (Å²) in [7, 11) is 0. The molecular weight excluding hydrogens is 372 g/mol. The van der Waals surface area contributed by atoms with Gasteiger partial charge in [0.15, 0.2) is 11.6 Å². The van der Waals surface area contributed by atoms with Crippen molar-refractivity contribution in [2.24, 2.45) is 0 Å². The molecule has 2 heterocycles. The van der Waals surface area contributed by atoms with Crippen molar-refractivity contribution in [3.63, 3.8) is 0 Å². The van der Waals surface area contributed by atoms with Crippen LogP contribution < -0.4 is 15.1 Å². The van der Waals surface area contributed by atoms with Gasteiger partial charge in [-0.2, -0.15) is 0 Å². The maximum absolute atomic E-state index is 15.5. The first kappa shape index (κ1) is 18.7. The second-order valence-corrected chi connectivity index (χ2v) is 7.17. The normalized spacial score (nSPS) is 17.9. The van der Waals surface area contributed by atoms with Crippen LogP contribution in [0.5, 0.6) is 5.75 Å². The number of halogens is 2. The third-order valence-corrected chi connectivity index (χ3v) is 5.42. The Kier molecular flexibility index (Phi) is 4.70. The summed E-state index contributed by atoms with van der Waals surface area (Å²) in [4.78, 5) is 27.3. The van der Waals surface area contributed by atoms with Gasteiger partial charge in [0.1, 0.15) is 11.5 Å². The highest BCUT2D eigenvalue weighted by atomic mass is 19.1. The first-order valence-corrected chi connectivity index (χ1v) is 9.35. The van der Waals surface area contributed by atoms with Gasteiger partial charge in [0.05, 0.1) is 17.1 Å². The van der Waals surface area contributed by atoms with Crippen LogP contribution in [-0.4, -0.2) is 53.5 Å². The molecule has 9 heteroatoms. The molecule has 0 spiro atoms. The summed E-state index contributed by atoms with van der Waals surface area (Å²) >= 11 is 0. The molecule has 1 saturated heterocycles. The number of hydrogen-bond donors (Lipinski definition) is 1. The maximum atomic E-state index is 15.5. The van der Waals surface area contributed by atoms with Crippen molar-refractivity contribution >= 4 is 22.7 Å². The largest absolute Gasteiger partial charge is 0.511 e. The second kappa shape index (κ2) is 7.05. The molecule has 2 aromatic rings. The number of benzene rings is 1. The van der Waals surface area contributed by atoms with Crippen molar-refractivity contribution in [2.45, 2.75) is 25.8 Å². The highest BCUT2D eigenvalue weighted by Crippen LogP contribution is 2.40. The summed E-state index contributed by atoms with van der Waals surface area (Å²) < 4.78 is 36.4. The molecule has 150 valence electrons. The Labute approximate surface area is 159 Å². The van der Waals surface area contributed by atoms with Crippen LogP contribution in [-0.2, 0) is 0 Å². The van der Waals surface area contributed by atoms with Gasteiger partial charge in [-0.3, -0.25) is 4.79 Å². The Hall–Kier alpha value is -2.68. The van der Waals surface area contributed by atoms with Gasteiger partial charge in [-0.15, -0.1) is 0 Å². The molecule has 0 bridgehead atoms. The smallest absolute Gasteiger partial charge is 0.449 e. The minimum absolute atomic E-state index is 0.000408. The Morgan fingerprint density at radius 3 is 2.50 bits per heavy atom. The van der Waals surface area contributed by atoms with Crippen molar-refractivity contribution in [2.75, 3.05) is 37.6 Å². The number of fused-ring (bicyclic) bond motifs is 1. The summed E-state index contributed by atoms with van der Waals surface area (Å²) in [5.41, 5.74) is -0.974. The average molecular weight is 393 g/mol. The van der Waals surface area contributed by atoms with E-state index in [1.165, 1.54) is 10.8 Å². The molecule has 0 radical (unpaired) electrons. The molecule has 1 aliphatic heterocycles. The van der Waals surface area contributed by atoms with E-state index in [4.69, 9.17) is 5.11 Å². The molecule has 1 saturated carbocycles. The van der Waals surface area contributed by atoms with Crippen molar-refractivity contribution in [1.29, 1.82) is 0 Å². The van der Waals surface area contributed by atoms with Gasteiger partial charge in [0.25, 0.3) is 0 Å². The highest BCUT2D eigenvalue weighted by Gasteiger charge is 2.31. The van der Waals surface area contributed by atoms with Crippen LogP contribution in [0.15, 0.2) is 17.1 Å². The van der Waals surface area contributed by atoms with E-state index in [2.05, 4.69) is 9.64 Å². The van der Waals surface area contributed by atoms with E-state index in [-0.39, 0.29) is 22.6 Å². The molecule has 1 N–H and O–H groups in total. The van der Waals surface area contributed by atoms with Crippen LogP contribution in [0, 0.1) is 11.6 Å². The monoisotopic (exact) mass is 393 g/mol. The molecule has 1 aliphatic carbocycles. The molecule has 2 fully saturated rings. The molecule has 0 atom stereocenters. The van der Waals surface area contributed by atoms with Crippen LogP contribution in [0.25, 0.3) is 10.9 Å². The zero-order valence-corrected chi connectivity index (χ0v) is 15.5. The number of hydrogen-bond acceptors (Lipinski definition) is 5. The molecule has 0 amide bonds. The number of carbonyl (C=O) groups is 1. The molecule has 28 heavy (non-hydrogen) atoms. The van der Waals surface area contributed by atoms with Crippen LogP contribution in [0.3, 0.4) is 0 Å². The van der Waals surface area contributed by atoms with Gasteiger partial charge in [0, 0.05) is 32.2 Å². The SMILES string of the molecule is CCN1CCN(c2c(F)cc3c(=O)c(OC(=O)O)cn(C4CC4)c3c2F)CC1. The van der Waals surface area contributed by atoms with Gasteiger partial charge < -0.3 is 24.2 Å². The predicted octanol–water partition coefficient (Wildman–Crippen LogP) is 2.81. The Morgan fingerprint density at radius 2 is 1.93 bits per heavy atom. The lowest BCUT2D eigenvalue weighted by molar-refractivity contribution is 0.143. The highest BCUT2D eigenvalue weighted by molar-refractivity contribution is 5.86. The number of piperazine rings is 1. The van der Waals surface area contributed by atoms with Gasteiger partial charge >= 0.3 is 6.16 Å². The summed E-state index contributed by atoms with van der Waals surface area (Å²) in [6.07, 6.45) is 1.11. The molecule has 1 aromatic carbocycles. The first-order chi connectivity index (χ1) is 13.4. The molecule has 1 aromatic heterocycles. The average Bonchev–Trinajstić information content (AvgIpc) is 3.49. The van der Waals surface area contributed by atoms with Crippen molar-refractivity contribution in [3.8, 4) is 5.75 Å². The summed E-state index contributed by atoms with van der Waals surface area (Å²) in [6, 6.07) is 0.930. The zero-order chi connectivity index (χ0) is 20.0. The number of aromatic nitrogens is 1. The molecule has 7 nitrogen and oxygen atoms in total. The minimum atomic E-state index is -1.65. The summed E-state index contributed by atoms with van der Waals surface area (Å²) in [5, 5.41) is 8.63. The van der Waals surface area contributed by atoms with E-state index >= 15 is 4.39 Å². The Morgan fingerprint density at radius 1 is 1.25 bits per heavy atom. The van der Waals surface area contributed by atoms with Gasteiger partial charge in [-0.05, 0) is 25.5 Å². The van der Waals surface area contributed by atoms with Crippen LogP contribution in [0.2, 0.25) is 0 Å². The topological polar surface area (TPSA) is 75.0 Å². The fourth-order valence-corrected chi connectivity index (χ4v) is 3.79. The second-order valence-electron chi connectivity index (χ2n) is 7.17. The standard InChI is InChI=1S/C19H21F2N3O4/c1-2-22-5-7-23(8-6-22)17-13(20)9-12-16(15(17)21)24(11-3-4-11)10-14(18(12)25)28-19(26)27/h9-11H,2-8H2,1H3,(H,26,27). The number of carboxylic acid groups (broad SMARTS) is 1. The maximum Gasteiger partial charge on any atom is 0.511 e. The Bertz CT molecular complexity index is 995. The van der Waals surface area contributed by atoms with E-state index in [0.29, 0.717) is 26.2 Å². The number of nitrogens with zero attached hydrogens (tertiary/aromatic N) is 3. The predicted molar refractivity (Wildman–Crippen MR) is 99.4 cm³/mol. The number of likely N-dealkylation sites (N-methyl/N-ethyl adjacent to an activating group) is 1. The van der Waals surface area contributed by atoms with Crippen molar-refractivity contribution < 1.29 is 23.4 Å². The quantitative estimate of drug-likeness (QED) is 0.806. The number of rotatable bonds is 4. The lowest BCUT2D eigenvalue weighted by Gasteiger charge is -2.36. The summed E-state index contributed by atoms with van der Waals surface area (Å²) in [5.74, 6) is -2.07. The van der Waals surface area contributed by atoms with E-state index < -0.39 is 29.0 Å². The van der Waals surface area contributed by atoms with Crippen molar-refractivity contribution in [1.82, 2.24) is 9.47 Å². The van der Waals surface area contributed by atoms with Crippen LogP contribution in [0.4, 0.5) is 19.3 Å². The van der Waals surface area contributed by atoms with Gasteiger partial charge in [-0.25, -0.2) is 13.6 Å². The van der Waals surface area contributed by atoms with Crippen LogP contribution >= 0.6 is 0 Å². The third kappa shape index (κ3) is 3.19. The third-order valence-electron chi connectivity index (χ3n) is 5.42. The minimum Gasteiger partial charge on any atom is -0.449 e. The van der Waals surface area contributed by atoms with Crippen molar-refractivity contribution in [3.05, 3.63) is 34.1 Å². The van der Waals surface area contributed by atoms with E-state index in [1.807, 2.05) is 6.92 Å². The molecular formula is C19H21F2N3O4.